The molecule has 0 bridgehead atoms. The fraction of sp³-hybridized carbons (Fsp3) is 0.167. The fourth-order valence-electron chi connectivity index (χ4n) is 1.52. The number of para-hydroxylation sites is 1. The normalized spacial score (nSPS) is 10.1. The summed E-state index contributed by atoms with van der Waals surface area (Å²) in [5.74, 6) is -0.168. The van der Waals surface area contributed by atoms with E-state index in [-0.39, 0.29) is 5.91 Å². The first-order valence-corrected chi connectivity index (χ1v) is 5.19. The van der Waals surface area contributed by atoms with Gasteiger partial charge < -0.3 is 10.3 Å². The Morgan fingerprint density at radius 3 is 2.94 bits per heavy atom. The zero-order chi connectivity index (χ0) is 11.4. The van der Waals surface area contributed by atoms with Crippen LogP contribution in [-0.4, -0.2) is 15.9 Å². The van der Waals surface area contributed by atoms with E-state index >= 15 is 0 Å². The lowest BCUT2D eigenvalue weighted by molar-refractivity contribution is 0.102. The molecule has 0 aliphatic carbocycles. The number of anilines is 1. The number of imidazole rings is 1. The number of amides is 1. The number of aromatic amines is 1. The number of nitrogens with zero attached hydrogens (tertiary/aromatic N) is 1. The second-order valence-corrected chi connectivity index (χ2v) is 3.43. The van der Waals surface area contributed by atoms with Crippen LogP contribution in [0.5, 0.6) is 0 Å². The van der Waals surface area contributed by atoms with Crippen LogP contribution in [0, 0.1) is 0 Å². The Kier molecular flexibility index (Phi) is 3.00. The number of rotatable bonds is 3. The van der Waals surface area contributed by atoms with E-state index in [2.05, 4.69) is 22.2 Å². The van der Waals surface area contributed by atoms with Gasteiger partial charge in [0.05, 0.1) is 12.5 Å². The van der Waals surface area contributed by atoms with Crippen molar-refractivity contribution in [1.29, 1.82) is 0 Å². The first-order valence-electron chi connectivity index (χ1n) is 5.19. The molecule has 1 aromatic carbocycles. The number of carbonyl (C=O) groups excluding carboxylic acids is 1. The van der Waals surface area contributed by atoms with Gasteiger partial charge in [0, 0.05) is 5.69 Å². The number of benzene rings is 1. The van der Waals surface area contributed by atoms with E-state index in [9.17, 15) is 4.79 Å². The van der Waals surface area contributed by atoms with Gasteiger partial charge >= 0.3 is 0 Å². The maximum absolute atomic E-state index is 11.8. The molecule has 1 aromatic heterocycles. The van der Waals surface area contributed by atoms with Gasteiger partial charge in [-0.1, -0.05) is 25.1 Å². The van der Waals surface area contributed by atoms with Gasteiger partial charge in [0.2, 0.25) is 0 Å². The van der Waals surface area contributed by atoms with Gasteiger partial charge in [0.1, 0.15) is 5.69 Å². The van der Waals surface area contributed by atoms with E-state index in [1.54, 1.807) is 0 Å². The maximum atomic E-state index is 11.8. The van der Waals surface area contributed by atoms with Crippen LogP contribution in [0.25, 0.3) is 0 Å². The molecule has 0 aliphatic heterocycles. The molecule has 0 fully saturated rings. The quantitative estimate of drug-likeness (QED) is 0.824. The number of H-pyrrole nitrogens is 1. The summed E-state index contributed by atoms with van der Waals surface area (Å²) in [5.41, 5.74) is 2.44. The Balaban J connectivity index is 2.18. The molecule has 0 atom stereocenters. The smallest absolute Gasteiger partial charge is 0.273 e. The zero-order valence-electron chi connectivity index (χ0n) is 9.03. The van der Waals surface area contributed by atoms with E-state index in [0.29, 0.717) is 5.69 Å². The lowest BCUT2D eigenvalue weighted by Crippen LogP contribution is -2.13. The van der Waals surface area contributed by atoms with Gasteiger partial charge in [-0.05, 0) is 18.1 Å². The van der Waals surface area contributed by atoms with Gasteiger partial charge in [-0.15, -0.1) is 0 Å². The average molecular weight is 215 g/mol. The molecule has 0 radical (unpaired) electrons. The Morgan fingerprint density at radius 2 is 2.25 bits per heavy atom. The lowest BCUT2D eigenvalue weighted by Gasteiger charge is -2.08. The molecule has 1 heterocycles. The van der Waals surface area contributed by atoms with Crippen molar-refractivity contribution >= 4 is 11.6 Å². The Morgan fingerprint density at radius 1 is 1.44 bits per heavy atom. The second-order valence-electron chi connectivity index (χ2n) is 3.43. The van der Waals surface area contributed by atoms with Gasteiger partial charge in [0.15, 0.2) is 0 Å². The minimum atomic E-state index is -0.168. The van der Waals surface area contributed by atoms with Gasteiger partial charge in [0.25, 0.3) is 5.91 Å². The summed E-state index contributed by atoms with van der Waals surface area (Å²) < 4.78 is 0. The number of carbonyl (C=O) groups is 1. The van der Waals surface area contributed by atoms with E-state index in [4.69, 9.17) is 0 Å². The first-order chi connectivity index (χ1) is 7.81. The minimum Gasteiger partial charge on any atom is -0.341 e. The molecule has 4 nitrogen and oxygen atoms in total. The number of nitrogens with one attached hydrogen (secondary N) is 2. The van der Waals surface area contributed by atoms with Crippen molar-refractivity contribution in [2.75, 3.05) is 5.32 Å². The standard InChI is InChI=1S/C12H13N3O/c1-2-9-5-3-4-6-10(9)15-12(16)11-7-13-8-14-11/h3-8H,2H2,1H3,(H,13,14)(H,15,16). The summed E-state index contributed by atoms with van der Waals surface area (Å²) in [4.78, 5) is 18.3. The SMILES string of the molecule is CCc1ccccc1NC(=O)c1cnc[nH]1. The van der Waals surface area contributed by atoms with Crippen molar-refractivity contribution in [3.8, 4) is 0 Å². The lowest BCUT2D eigenvalue weighted by atomic mass is 10.1. The van der Waals surface area contributed by atoms with Gasteiger partial charge in [-0.3, -0.25) is 4.79 Å². The van der Waals surface area contributed by atoms with Crippen molar-refractivity contribution < 1.29 is 4.79 Å². The molecule has 16 heavy (non-hydrogen) atoms. The first kappa shape index (κ1) is 10.4. The highest BCUT2D eigenvalue weighted by atomic mass is 16.1. The molecule has 2 rings (SSSR count). The largest absolute Gasteiger partial charge is 0.341 e. The van der Waals surface area contributed by atoms with Crippen molar-refractivity contribution in [3.05, 3.63) is 48.0 Å². The molecule has 1 amide bonds. The van der Waals surface area contributed by atoms with Crippen molar-refractivity contribution in [2.24, 2.45) is 0 Å². The fourth-order valence-corrected chi connectivity index (χ4v) is 1.52. The number of aromatic nitrogens is 2. The molecule has 0 aliphatic rings. The predicted molar refractivity (Wildman–Crippen MR) is 62.4 cm³/mol. The summed E-state index contributed by atoms with van der Waals surface area (Å²) in [6.45, 7) is 2.06. The molecule has 0 saturated heterocycles. The van der Waals surface area contributed by atoms with Crippen LogP contribution in [0.3, 0.4) is 0 Å². The number of hydrogen-bond acceptors (Lipinski definition) is 2. The van der Waals surface area contributed by atoms with E-state index in [1.165, 1.54) is 12.5 Å². The van der Waals surface area contributed by atoms with Gasteiger partial charge in [-0.2, -0.15) is 0 Å². The van der Waals surface area contributed by atoms with Crippen LogP contribution in [-0.2, 0) is 6.42 Å². The number of hydrogen-bond donors (Lipinski definition) is 2. The Labute approximate surface area is 93.7 Å². The highest BCUT2D eigenvalue weighted by molar-refractivity contribution is 6.03. The van der Waals surface area contributed by atoms with E-state index < -0.39 is 0 Å². The maximum Gasteiger partial charge on any atom is 0.273 e. The highest BCUT2D eigenvalue weighted by Gasteiger charge is 2.08. The van der Waals surface area contributed by atoms with Crippen LogP contribution < -0.4 is 5.32 Å². The third kappa shape index (κ3) is 2.11. The number of aryl methyl sites for hydroxylation is 1. The van der Waals surface area contributed by atoms with E-state index in [1.807, 2.05) is 24.3 Å². The van der Waals surface area contributed by atoms with Crippen LogP contribution >= 0.6 is 0 Å². The summed E-state index contributed by atoms with van der Waals surface area (Å²) in [6.07, 6.45) is 3.88. The predicted octanol–water partition coefficient (Wildman–Crippen LogP) is 2.22. The summed E-state index contributed by atoms with van der Waals surface area (Å²) in [7, 11) is 0. The molecule has 4 heteroatoms. The third-order valence-corrected chi connectivity index (χ3v) is 2.39. The minimum absolute atomic E-state index is 0.168. The van der Waals surface area contributed by atoms with Crippen molar-refractivity contribution in [2.45, 2.75) is 13.3 Å². The topological polar surface area (TPSA) is 57.8 Å². The van der Waals surface area contributed by atoms with Crippen LogP contribution in [0.4, 0.5) is 5.69 Å². The van der Waals surface area contributed by atoms with Crippen molar-refractivity contribution in [3.63, 3.8) is 0 Å². The Hall–Kier alpha value is -2.10. The molecule has 2 aromatic rings. The molecule has 0 spiro atoms. The molecule has 0 saturated carbocycles. The monoisotopic (exact) mass is 215 g/mol. The van der Waals surface area contributed by atoms with Crippen LogP contribution in [0.1, 0.15) is 23.0 Å². The Bertz CT molecular complexity index is 477. The van der Waals surface area contributed by atoms with Crippen LogP contribution in [0.15, 0.2) is 36.8 Å². The highest BCUT2D eigenvalue weighted by Crippen LogP contribution is 2.15. The molecule has 82 valence electrons. The summed E-state index contributed by atoms with van der Waals surface area (Å²) in [5, 5.41) is 2.85. The molecule has 2 N–H and O–H groups in total. The molecular formula is C12H13N3O. The molecule has 0 unspecified atom stereocenters. The second kappa shape index (κ2) is 4.61. The average Bonchev–Trinajstić information content (AvgIpc) is 2.83. The van der Waals surface area contributed by atoms with Gasteiger partial charge in [-0.25, -0.2) is 4.98 Å². The zero-order valence-corrected chi connectivity index (χ0v) is 9.03. The summed E-state index contributed by atoms with van der Waals surface area (Å²) >= 11 is 0. The van der Waals surface area contributed by atoms with Crippen molar-refractivity contribution in [1.82, 2.24) is 9.97 Å². The van der Waals surface area contributed by atoms with E-state index in [0.717, 1.165) is 17.7 Å². The third-order valence-electron chi connectivity index (χ3n) is 2.39. The summed E-state index contributed by atoms with van der Waals surface area (Å²) in [6, 6.07) is 7.77. The van der Waals surface area contributed by atoms with Crippen LogP contribution in [0.2, 0.25) is 0 Å². The molecular weight excluding hydrogens is 202 g/mol.